The monoisotopic (exact) mass is 395 g/mol. The number of aryl methyl sites for hydroxylation is 1. The van der Waals surface area contributed by atoms with Crippen molar-refractivity contribution in [3.8, 4) is 5.75 Å². The summed E-state index contributed by atoms with van der Waals surface area (Å²) in [7, 11) is 1.55. The number of phenols is 1. The molecule has 0 saturated carbocycles. The quantitative estimate of drug-likeness (QED) is 0.673. The first-order chi connectivity index (χ1) is 12.2. The van der Waals surface area contributed by atoms with E-state index in [9.17, 15) is 14.3 Å². The van der Waals surface area contributed by atoms with Gasteiger partial charge in [-0.25, -0.2) is 4.39 Å². The van der Waals surface area contributed by atoms with Crippen LogP contribution in [0.5, 0.6) is 5.75 Å². The summed E-state index contributed by atoms with van der Waals surface area (Å²) in [6.45, 7) is 5.90. The van der Waals surface area contributed by atoms with Crippen molar-refractivity contribution in [2.75, 3.05) is 12.8 Å². The number of rotatable bonds is 6. The maximum atomic E-state index is 14.6. The molecule has 0 aliphatic heterocycles. The number of carbonyl (C=O) groups is 1. The first kappa shape index (κ1) is 20.6. The van der Waals surface area contributed by atoms with Crippen LogP contribution in [0.15, 0.2) is 29.2 Å². The fourth-order valence-corrected chi connectivity index (χ4v) is 3.97. The first-order valence-electron chi connectivity index (χ1n) is 8.37. The van der Waals surface area contributed by atoms with Crippen molar-refractivity contribution >= 4 is 29.3 Å². The molecule has 2 N–H and O–H groups in total. The molecule has 0 spiro atoms. The highest BCUT2D eigenvalue weighted by Gasteiger charge is 2.17. The first-order valence-corrected chi connectivity index (χ1v) is 9.73. The van der Waals surface area contributed by atoms with Crippen LogP contribution >= 0.6 is 23.4 Å². The highest BCUT2D eigenvalue weighted by molar-refractivity contribution is 8.00. The smallest absolute Gasteiger partial charge is 0.230 e. The number of hydrogen-bond acceptors (Lipinski definition) is 3. The number of thioether (sulfide) groups is 1. The molecule has 0 aliphatic rings. The molecule has 140 valence electrons. The van der Waals surface area contributed by atoms with E-state index in [4.69, 9.17) is 11.6 Å². The van der Waals surface area contributed by atoms with Crippen molar-refractivity contribution < 1.29 is 14.3 Å². The topological polar surface area (TPSA) is 49.3 Å². The van der Waals surface area contributed by atoms with E-state index in [1.165, 1.54) is 0 Å². The molecule has 0 atom stereocenters. The van der Waals surface area contributed by atoms with Gasteiger partial charge < -0.3 is 10.4 Å². The molecule has 0 bridgehead atoms. The molecule has 0 fully saturated rings. The van der Waals surface area contributed by atoms with Crippen LogP contribution < -0.4 is 5.32 Å². The van der Waals surface area contributed by atoms with E-state index in [1.54, 1.807) is 19.2 Å². The summed E-state index contributed by atoms with van der Waals surface area (Å²) in [6.07, 6.45) is 0.474. The normalized spacial score (nSPS) is 11.0. The molecule has 0 unspecified atom stereocenters. The Bertz CT molecular complexity index is 824. The van der Waals surface area contributed by atoms with E-state index in [0.29, 0.717) is 16.9 Å². The van der Waals surface area contributed by atoms with E-state index in [0.717, 1.165) is 28.5 Å². The Morgan fingerprint density at radius 1 is 1.35 bits per heavy atom. The van der Waals surface area contributed by atoms with Gasteiger partial charge in [0.05, 0.1) is 10.8 Å². The Labute approximate surface area is 163 Å². The Hall–Kier alpha value is -1.72. The predicted octanol–water partition coefficient (Wildman–Crippen LogP) is 5.05. The van der Waals surface area contributed by atoms with Crippen LogP contribution in [0.2, 0.25) is 5.02 Å². The molecular weight excluding hydrogens is 373 g/mol. The molecule has 2 aromatic carbocycles. The van der Waals surface area contributed by atoms with Crippen molar-refractivity contribution in [1.82, 2.24) is 5.32 Å². The van der Waals surface area contributed by atoms with Gasteiger partial charge in [-0.05, 0) is 53.6 Å². The average molecular weight is 396 g/mol. The predicted molar refractivity (Wildman–Crippen MR) is 106 cm³/mol. The van der Waals surface area contributed by atoms with Crippen molar-refractivity contribution in [3.63, 3.8) is 0 Å². The lowest BCUT2D eigenvalue weighted by Gasteiger charge is -2.15. The average Bonchev–Trinajstić information content (AvgIpc) is 2.61. The van der Waals surface area contributed by atoms with Gasteiger partial charge in [0, 0.05) is 11.9 Å². The second-order valence-corrected chi connectivity index (χ2v) is 7.88. The Morgan fingerprint density at radius 3 is 2.65 bits per heavy atom. The van der Waals surface area contributed by atoms with Gasteiger partial charge in [0.15, 0.2) is 5.82 Å². The summed E-state index contributed by atoms with van der Waals surface area (Å²) >= 11 is 7.42. The molecular formula is C20H23ClFNO2S. The maximum absolute atomic E-state index is 14.6. The minimum atomic E-state index is -0.496. The van der Waals surface area contributed by atoms with Crippen LogP contribution in [-0.2, 0) is 11.2 Å². The summed E-state index contributed by atoms with van der Waals surface area (Å²) in [5.74, 6) is -0.0786. The lowest BCUT2D eigenvalue weighted by Crippen LogP contribution is -2.19. The summed E-state index contributed by atoms with van der Waals surface area (Å²) in [5, 5.41) is 12.6. The minimum absolute atomic E-state index is 0.0866. The van der Waals surface area contributed by atoms with Crippen molar-refractivity contribution in [3.05, 3.63) is 57.4 Å². The standard InChI is InChI=1S/C20H23ClFNO2S/c1-11(2)14-8-13(5-6-16(14)24)9-15-12(3)7-17(20(22)19(15)21)26-10-18(25)23-4/h5-8,11,24H,9-10H2,1-4H3,(H,23,25). The fraction of sp³-hybridized carbons (Fsp3) is 0.350. The zero-order valence-electron chi connectivity index (χ0n) is 15.3. The van der Waals surface area contributed by atoms with Crippen LogP contribution in [0.3, 0.4) is 0 Å². The SMILES string of the molecule is CNC(=O)CSc1cc(C)c(Cc2ccc(O)c(C(C)C)c2)c(Cl)c1F. The second-order valence-electron chi connectivity index (χ2n) is 6.48. The molecule has 0 aromatic heterocycles. The zero-order valence-corrected chi connectivity index (χ0v) is 16.9. The van der Waals surface area contributed by atoms with Gasteiger partial charge in [0.25, 0.3) is 0 Å². The Balaban J connectivity index is 2.32. The van der Waals surface area contributed by atoms with Crippen molar-refractivity contribution in [1.29, 1.82) is 0 Å². The highest BCUT2D eigenvalue weighted by atomic mass is 35.5. The zero-order chi connectivity index (χ0) is 19.4. The Kier molecular flexibility index (Phi) is 6.95. The fourth-order valence-electron chi connectivity index (χ4n) is 2.68. The number of benzene rings is 2. The van der Waals surface area contributed by atoms with Gasteiger partial charge in [-0.15, -0.1) is 11.8 Å². The van der Waals surface area contributed by atoms with Gasteiger partial charge in [0.2, 0.25) is 5.91 Å². The third-order valence-electron chi connectivity index (χ3n) is 4.23. The highest BCUT2D eigenvalue weighted by Crippen LogP contribution is 2.34. The third-order valence-corrected chi connectivity index (χ3v) is 5.64. The Morgan fingerprint density at radius 2 is 2.04 bits per heavy atom. The number of nitrogens with one attached hydrogen (secondary N) is 1. The second kappa shape index (κ2) is 8.78. The summed E-state index contributed by atoms with van der Waals surface area (Å²) in [4.78, 5) is 11.7. The van der Waals surface area contributed by atoms with E-state index in [2.05, 4.69) is 5.32 Å². The molecule has 6 heteroatoms. The van der Waals surface area contributed by atoms with Gasteiger partial charge in [0.1, 0.15) is 5.75 Å². The van der Waals surface area contributed by atoms with Crippen LogP contribution in [0, 0.1) is 12.7 Å². The van der Waals surface area contributed by atoms with Crippen molar-refractivity contribution in [2.24, 2.45) is 0 Å². The van der Waals surface area contributed by atoms with Crippen LogP contribution in [0.4, 0.5) is 4.39 Å². The van der Waals surface area contributed by atoms with E-state index in [1.807, 2.05) is 32.9 Å². The third kappa shape index (κ3) is 4.71. The minimum Gasteiger partial charge on any atom is -0.508 e. The lowest BCUT2D eigenvalue weighted by molar-refractivity contribution is -0.118. The van der Waals surface area contributed by atoms with Crippen LogP contribution in [0.25, 0.3) is 0 Å². The number of carbonyl (C=O) groups excluding carboxylic acids is 1. The molecule has 3 nitrogen and oxygen atoms in total. The molecule has 26 heavy (non-hydrogen) atoms. The molecule has 0 radical (unpaired) electrons. The number of aromatic hydroxyl groups is 1. The van der Waals surface area contributed by atoms with E-state index < -0.39 is 5.82 Å². The molecule has 0 heterocycles. The molecule has 2 rings (SSSR count). The van der Waals surface area contributed by atoms with Crippen molar-refractivity contribution in [2.45, 2.75) is 38.0 Å². The molecule has 0 saturated heterocycles. The number of amides is 1. The number of halogens is 2. The molecule has 1 amide bonds. The number of phenolic OH excluding ortho intramolecular Hbond substituents is 1. The molecule has 0 aliphatic carbocycles. The van der Waals surface area contributed by atoms with Crippen LogP contribution in [0.1, 0.15) is 42.0 Å². The van der Waals surface area contributed by atoms with Crippen LogP contribution in [-0.4, -0.2) is 23.8 Å². The van der Waals surface area contributed by atoms with Gasteiger partial charge in [-0.1, -0.05) is 37.6 Å². The largest absolute Gasteiger partial charge is 0.508 e. The lowest BCUT2D eigenvalue weighted by atomic mass is 9.95. The van der Waals surface area contributed by atoms with E-state index in [-0.39, 0.29) is 28.4 Å². The number of hydrogen-bond donors (Lipinski definition) is 2. The molecule has 2 aromatic rings. The summed E-state index contributed by atoms with van der Waals surface area (Å²) in [6, 6.07) is 7.15. The van der Waals surface area contributed by atoms with Gasteiger partial charge >= 0.3 is 0 Å². The summed E-state index contributed by atoms with van der Waals surface area (Å²) < 4.78 is 14.6. The summed E-state index contributed by atoms with van der Waals surface area (Å²) in [5.41, 5.74) is 3.40. The maximum Gasteiger partial charge on any atom is 0.230 e. The van der Waals surface area contributed by atoms with Gasteiger partial charge in [-0.3, -0.25) is 4.79 Å². The van der Waals surface area contributed by atoms with Gasteiger partial charge in [-0.2, -0.15) is 0 Å². The van der Waals surface area contributed by atoms with E-state index >= 15 is 0 Å².